The second kappa shape index (κ2) is 5.91. The van der Waals surface area contributed by atoms with Gasteiger partial charge in [0, 0.05) is 30.9 Å². The summed E-state index contributed by atoms with van der Waals surface area (Å²) in [5.74, 6) is -0.354. The molecule has 18 heavy (non-hydrogen) atoms. The van der Waals surface area contributed by atoms with Crippen LogP contribution >= 0.6 is 0 Å². The van der Waals surface area contributed by atoms with Gasteiger partial charge in [-0.15, -0.1) is 0 Å². The highest BCUT2D eigenvalue weighted by atomic mass is 19.1. The van der Waals surface area contributed by atoms with Crippen molar-refractivity contribution < 1.29 is 9.18 Å². The van der Waals surface area contributed by atoms with Crippen molar-refractivity contribution in [2.75, 3.05) is 26.2 Å². The van der Waals surface area contributed by atoms with Crippen LogP contribution in [0, 0.1) is 11.9 Å². The number of hydrogen-bond donors (Lipinski definition) is 1. The topological polar surface area (TPSA) is 45.2 Å². The van der Waals surface area contributed by atoms with Crippen molar-refractivity contribution in [1.82, 2.24) is 15.2 Å². The average molecular weight is 251 g/mol. The minimum atomic E-state index is -0.624. The molecule has 1 aromatic rings. The van der Waals surface area contributed by atoms with Crippen molar-refractivity contribution in [3.05, 3.63) is 29.8 Å². The summed E-state index contributed by atoms with van der Waals surface area (Å²) in [4.78, 5) is 17.6. The van der Waals surface area contributed by atoms with E-state index in [4.69, 9.17) is 0 Å². The van der Waals surface area contributed by atoms with Crippen LogP contribution in [0.4, 0.5) is 4.39 Å². The predicted octanol–water partition coefficient (Wildman–Crippen LogP) is 1.29. The summed E-state index contributed by atoms with van der Waals surface area (Å²) >= 11 is 0. The Balaban J connectivity index is 1.82. The Labute approximate surface area is 106 Å². The van der Waals surface area contributed by atoms with Crippen molar-refractivity contribution in [2.45, 2.75) is 13.3 Å². The molecule has 0 saturated carbocycles. The molecular weight excluding hydrogens is 233 g/mol. The lowest BCUT2D eigenvalue weighted by atomic mass is 10.1. The van der Waals surface area contributed by atoms with Crippen molar-refractivity contribution in [3.8, 4) is 0 Å². The average Bonchev–Trinajstić information content (AvgIpc) is 2.84. The summed E-state index contributed by atoms with van der Waals surface area (Å²) in [5, 5.41) is 2.85. The summed E-state index contributed by atoms with van der Waals surface area (Å²) in [7, 11) is 0. The molecular formula is C13H18FN3O. The molecule has 2 heterocycles. The number of carbonyl (C=O) groups is 1. The Morgan fingerprint density at radius 2 is 2.50 bits per heavy atom. The molecule has 0 radical (unpaired) electrons. The first-order chi connectivity index (χ1) is 8.69. The van der Waals surface area contributed by atoms with E-state index in [1.165, 1.54) is 12.3 Å². The Kier molecular flexibility index (Phi) is 4.25. The second-order valence-corrected chi connectivity index (χ2v) is 4.63. The van der Waals surface area contributed by atoms with E-state index < -0.39 is 5.95 Å². The quantitative estimate of drug-likeness (QED) is 0.820. The zero-order chi connectivity index (χ0) is 13.0. The number of nitrogens with one attached hydrogen (secondary N) is 1. The van der Waals surface area contributed by atoms with Crippen LogP contribution in [0.15, 0.2) is 18.3 Å². The Morgan fingerprint density at radius 1 is 1.67 bits per heavy atom. The first kappa shape index (κ1) is 13.0. The van der Waals surface area contributed by atoms with E-state index in [9.17, 15) is 9.18 Å². The molecule has 1 aliphatic rings. The lowest BCUT2D eigenvalue weighted by Crippen LogP contribution is -2.31. The predicted molar refractivity (Wildman–Crippen MR) is 66.7 cm³/mol. The number of aromatic nitrogens is 1. The van der Waals surface area contributed by atoms with Gasteiger partial charge in [0.2, 0.25) is 5.95 Å². The molecule has 4 nitrogen and oxygen atoms in total. The summed E-state index contributed by atoms with van der Waals surface area (Å²) < 4.78 is 12.9. The van der Waals surface area contributed by atoms with Gasteiger partial charge in [0.15, 0.2) is 0 Å². The molecule has 1 fully saturated rings. The van der Waals surface area contributed by atoms with Gasteiger partial charge >= 0.3 is 0 Å². The molecule has 0 aromatic carbocycles. The maximum Gasteiger partial charge on any atom is 0.251 e. The van der Waals surface area contributed by atoms with Gasteiger partial charge in [0.25, 0.3) is 5.91 Å². The van der Waals surface area contributed by atoms with Gasteiger partial charge in [-0.1, -0.05) is 6.92 Å². The van der Waals surface area contributed by atoms with E-state index in [1.54, 1.807) is 0 Å². The van der Waals surface area contributed by atoms with E-state index >= 15 is 0 Å². The van der Waals surface area contributed by atoms with Crippen LogP contribution in [0.3, 0.4) is 0 Å². The molecule has 1 aromatic heterocycles. The highest BCUT2D eigenvalue weighted by molar-refractivity contribution is 5.93. The van der Waals surface area contributed by atoms with Gasteiger partial charge in [-0.2, -0.15) is 4.39 Å². The molecule has 1 atom stereocenters. The molecule has 1 aliphatic heterocycles. The lowest BCUT2D eigenvalue weighted by Gasteiger charge is -2.13. The molecule has 1 amide bonds. The van der Waals surface area contributed by atoms with Crippen molar-refractivity contribution in [2.24, 2.45) is 5.92 Å². The standard InChI is InChI=1S/C13H18FN3O/c1-2-17-6-4-10(9-17)8-16-13(18)11-3-5-15-12(14)7-11/h3,5,7,10H,2,4,6,8-9H2,1H3,(H,16,18). The molecule has 0 bridgehead atoms. The summed E-state index contributed by atoms with van der Waals surface area (Å²) in [5.41, 5.74) is 0.327. The third-order valence-corrected chi connectivity index (χ3v) is 3.36. The van der Waals surface area contributed by atoms with Crippen LogP contribution in [0.2, 0.25) is 0 Å². The van der Waals surface area contributed by atoms with Gasteiger partial charge in [0.05, 0.1) is 0 Å². The summed E-state index contributed by atoms with van der Waals surface area (Å²) in [6.07, 6.45) is 2.41. The van der Waals surface area contributed by atoms with E-state index in [2.05, 4.69) is 22.1 Å². The van der Waals surface area contributed by atoms with Crippen molar-refractivity contribution in [1.29, 1.82) is 0 Å². The molecule has 1 saturated heterocycles. The van der Waals surface area contributed by atoms with Gasteiger partial charge in [-0.3, -0.25) is 4.79 Å². The maximum atomic E-state index is 12.9. The molecule has 0 aliphatic carbocycles. The van der Waals surface area contributed by atoms with Gasteiger partial charge in [0.1, 0.15) is 0 Å². The Morgan fingerprint density at radius 3 is 3.17 bits per heavy atom. The van der Waals surface area contributed by atoms with Gasteiger partial charge in [-0.05, 0) is 31.5 Å². The first-order valence-corrected chi connectivity index (χ1v) is 6.31. The number of rotatable bonds is 4. The number of nitrogens with zero attached hydrogens (tertiary/aromatic N) is 2. The minimum Gasteiger partial charge on any atom is -0.352 e. The number of halogens is 1. The molecule has 2 rings (SSSR count). The van der Waals surface area contributed by atoms with E-state index in [0.29, 0.717) is 18.0 Å². The number of pyridine rings is 1. The minimum absolute atomic E-state index is 0.230. The smallest absolute Gasteiger partial charge is 0.251 e. The molecule has 1 N–H and O–H groups in total. The second-order valence-electron chi connectivity index (χ2n) is 4.63. The molecule has 5 heteroatoms. The maximum absolute atomic E-state index is 12.9. The van der Waals surface area contributed by atoms with E-state index in [0.717, 1.165) is 32.1 Å². The normalized spacial score (nSPS) is 20.0. The van der Waals surface area contributed by atoms with Crippen molar-refractivity contribution >= 4 is 5.91 Å². The molecule has 1 unspecified atom stereocenters. The lowest BCUT2D eigenvalue weighted by molar-refractivity contribution is 0.0946. The van der Waals surface area contributed by atoms with Crippen molar-refractivity contribution in [3.63, 3.8) is 0 Å². The fourth-order valence-electron chi connectivity index (χ4n) is 2.25. The first-order valence-electron chi connectivity index (χ1n) is 6.31. The number of carbonyl (C=O) groups excluding carboxylic acids is 1. The highest BCUT2D eigenvalue weighted by Crippen LogP contribution is 2.14. The van der Waals surface area contributed by atoms with Gasteiger partial charge < -0.3 is 10.2 Å². The van der Waals surface area contributed by atoms with Crippen LogP contribution < -0.4 is 5.32 Å². The zero-order valence-corrected chi connectivity index (χ0v) is 10.5. The number of likely N-dealkylation sites (tertiary alicyclic amines) is 1. The molecule has 0 spiro atoms. The fraction of sp³-hybridized carbons (Fsp3) is 0.538. The van der Waals surface area contributed by atoms with Gasteiger partial charge in [-0.25, -0.2) is 4.98 Å². The van der Waals surface area contributed by atoms with E-state index in [1.807, 2.05) is 0 Å². The van der Waals surface area contributed by atoms with Crippen LogP contribution in [-0.2, 0) is 0 Å². The number of hydrogen-bond acceptors (Lipinski definition) is 3. The monoisotopic (exact) mass is 251 g/mol. The molecule has 98 valence electrons. The summed E-state index contributed by atoms with van der Waals surface area (Å²) in [6.45, 7) is 5.97. The summed E-state index contributed by atoms with van der Waals surface area (Å²) in [6, 6.07) is 2.67. The fourth-order valence-corrected chi connectivity index (χ4v) is 2.25. The van der Waals surface area contributed by atoms with E-state index in [-0.39, 0.29) is 5.91 Å². The Bertz CT molecular complexity index is 424. The van der Waals surface area contributed by atoms with Crippen LogP contribution in [0.1, 0.15) is 23.7 Å². The van der Waals surface area contributed by atoms with Crippen LogP contribution in [0.5, 0.6) is 0 Å². The highest BCUT2D eigenvalue weighted by Gasteiger charge is 2.21. The number of amides is 1. The Hall–Kier alpha value is -1.49. The van der Waals surface area contributed by atoms with Crippen LogP contribution in [0.25, 0.3) is 0 Å². The third-order valence-electron chi connectivity index (χ3n) is 3.36. The third kappa shape index (κ3) is 3.26. The largest absolute Gasteiger partial charge is 0.352 e. The van der Waals surface area contributed by atoms with Crippen LogP contribution in [-0.4, -0.2) is 42.0 Å². The SMILES string of the molecule is CCN1CCC(CNC(=O)c2ccnc(F)c2)C1. The zero-order valence-electron chi connectivity index (χ0n) is 10.5.